The molecule has 0 saturated heterocycles. The summed E-state index contributed by atoms with van der Waals surface area (Å²) < 4.78 is 16.5. The molecule has 0 aliphatic heterocycles. The van der Waals surface area contributed by atoms with Crippen molar-refractivity contribution in [2.24, 2.45) is 5.92 Å². The van der Waals surface area contributed by atoms with E-state index in [0.29, 0.717) is 36.5 Å². The fraction of sp³-hybridized carbons (Fsp3) is 0.412. The van der Waals surface area contributed by atoms with Crippen molar-refractivity contribution >= 4 is 0 Å². The minimum absolute atomic E-state index is 0.474. The summed E-state index contributed by atoms with van der Waals surface area (Å²) in [4.78, 5) is 6.43. The average Bonchev–Trinajstić information content (AvgIpc) is 3.03. The van der Waals surface area contributed by atoms with Crippen LogP contribution in [0.2, 0.25) is 0 Å². The van der Waals surface area contributed by atoms with Crippen LogP contribution < -0.4 is 0 Å². The normalized spacial score (nSPS) is 20.3. The van der Waals surface area contributed by atoms with Gasteiger partial charge in [0, 0.05) is 5.92 Å². The third-order valence-electron chi connectivity index (χ3n) is 4.20. The summed E-state index contributed by atoms with van der Waals surface area (Å²) in [6.07, 6.45) is 2.83. The Labute approximate surface area is 134 Å². The van der Waals surface area contributed by atoms with Crippen molar-refractivity contribution in [3.8, 4) is 11.6 Å². The Kier molecular flexibility index (Phi) is 3.53. The van der Waals surface area contributed by atoms with Gasteiger partial charge in [0.1, 0.15) is 11.5 Å². The van der Waals surface area contributed by atoms with E-state index < -0.39 is 0 Å². The Morgan fingerprint density at radius 1 is 1.26 bits per heavy atom. The number of aromatic nitrogens is 2. The van der Waals surface area contributed by atoms with Crippen LogP contribution in [-0.4, -0.2) is 22.1 Å². The van der Waals surface area contributed by atoms with E-state index in [1.807, 2.05) is 13.1 Å². The Bertz CT molecular complexity index is 775. The highest BCUT2D eigenvalue weighted by atomic mass is 16.5. The molecule has 0 spiro atoms. The molecule has 4 rings (SSSR count). The van der Waals surface area contributed by atoms with E-state index in [1.165, 1.54) is 6.42 Å². The summed E-state index contributed by atoms with van der Waals surface area (Å²) in [6, 6.07) is 7.76. The maximum Gasteiger partial charge on any atom is 0.241 e. The highest BCUT2D eigenvalue weighted by molar-refractivity contribution is 5.44. The number of nitrogens with zero attached hydrogens (tertiary/aromatic N) is 3. The molecule has 1 saturated carbocycles. The van der Waals surface area contributed by atoms with Gasteiger partial charge in [0.05, 0.1) is 19.4 Å². The number of rotatable bonds is 6. The van der Waals surface area contributed by atoms with Crippen molar-refractivity contribution in [1.29, 1.82) is 0 Å². The summed E-state index contributed by atoms with van der Waals surface area (Å²) >= 11 is 0. The van der Waals surface area contributed by atoms with Crippen molar-refractivity contribution in [2.75, 3.05) is 7.05 Å². The second kappa shape index (κ2) is 5.70. The highest BCUT2D eigenvalue weighted by Gasteiger charge is 2.36. The van der Waals surface area contributed by atoms with Gasteiger partial charge in [0.25, 0.3) is 0 Å². The van der Waals surface area contributed by atoms with Gasteiger partial charge >= 0.3 is 0 Å². The predicted octanol–water partition coefficient (Wildman–Crippen LogP) is 3.68. The molecule has 0 radical (unpaired) electrons. The predicted molar refractivity (Wildman–Crippen MR) is 82.4 cm³/mol. The molecule has 6 nitrogen and oxygen atoms in total. The van der Waals surface area contributed by atoms with Crippen LogP contribution in [0, 0.1) is 5.92 Å². The zero-order valence-electron chi connectivity index (χ0n) is 13.2. The maximum absolute atomic E-state index is 5.93. The van der Waals surface area contributed by atoms with Gasteiger partial charge < -0.3 is 13.4 Å². The summed E-state index contributed by atoms with van der Waals surface area (Å²) in [5, 5.41) is 3.93. The first-order chi connectivity index (χ1) is 11.2. The molecule has 1 aliphatic carbocycles. The third kappa shape index (κ3) is 3.07. The first-order valence-corrected chi connectivity index (χ1v) is 7.82. The lowest BCUT2D eigenvalue weighted by molar-refractivity contribution is 0.242. The van der Waals surface area contributed by atoms with E-state index in [0.717, 1.165) is 17.4 Å². The van der Waals surface area contributed by atoms with Crippen molar-refractivity contribution in [2.45, 2.75) is 32.4 Å². The first kappa shape index (κ1) is 14.3. The maximum atomic E-state index is 5.93. The topological polar surface area (TPSA) is 68.4 Å². The Balaban J connectivity index is 1.36. The molecule has 0 bridgehead atoms. The van der Waals surface area contributed by atoms with Gasteiger partial charge in [-0.2, -0.15) is 4.98 Å². The molecule has 0 aromatic carbocycles. The summed E-state index contributed by atoms with van der Waals surface area (Å²) in [5.74, 6) is 5.08. The summed E-state index contributed by atoms with van der Waals surface area (Å²) in [5.41, 5.74) is 0. The fourth-order valence-corrected chi connectivity index (χ4v) is 2.78. The molecule has 1 fully saturated rings. The lowest BCUT2D eigenvalue weighted by Crippen LogP contribution is -2.17. The lowest BCUT2D eigenvalue weighted by atomic mass is 10.3. The van der Waals surface area contributed by atoms with Crippen LogP contribution in [-0.2, 0) is 13.1 Å². The van der Waals surface area contributed by atoms with E-state index in [-0.39, 0.29) is 0 Å². The van der Waals surface area contributed by atoms with Crippen LogP contribution in [0.25, 0.3) is 11.6 Å². The van der Waals surface area contributed by atoms with Crippen molar-refractivity contribution in [1.82, 2.24) is 15.0 Å². The number of hydrogen-bond acceptors (Lipinski definition) is 6. The lowest BCUT2D eigenvalue weighted by Gasteiger charge is -2.11. The van der Waals surface area contributed by atoms with Crippen LogP contribution in [0.1, 0.15) is 36.7 Å². The minimum atomic E-state index is 0.474. The van der Waals surface area contributed by atoms with E-state index in [4.69, 9.17) is 13.4 Å². The fourth-order valence-electron chi connectivity index (χ4n) is 2.78. The second-order valence-corrected chi connectivity index (χ2v) is 6.28. The standard InChI is InChI=1S/C17H19N3O3/c1-11-8-13(11)14-6-5-12(22-14)9-20(2)10-16-18-17(19-23-16)15-4-3-7-21-15/h3-7,11,13H,8-10H2,1-2H3. The molecule has 3 aromatic rings. The molecular weight excluding hydrogens is 294 g/mol. The number of furan rings is 2. The van der Waals surface area contributed by atoms with Gasteiger partial charge in [-0.1, -0.05) is 12.1 Å². The van der Waals surface area contributed by atoms with Crippen LogP contribution in [0.15, 0.2) is 43.9 Å². The smallest absolute Gasteiger partial charge is 0.241 e. The van der Waals surface area contributed by atoms with Crippen molar-refractivity contribution in [3.05, 3.63) is 47.9 Å². The largest absolute Gasteiger partial charge is 0.464 e. The van der Waals surface area contributed by atoms with Crippen LogP contribution in [0.3, 0.4) is 0 Å². The van der Waals surface area contributed by atoms with Crippen molar-refractivity contribution < 1.29 is 13.4 Å². The SMILES string of the molecule is CC1CC1c1ccc(CN(C)Cc2nc(-c3ccco3)no2)o1. The van der Waals surface area contributed by atoms with E-state index >= 15 is 0 Å². The second-order valence-electron chi connectivity index (χ2n) is 6.28. The Morgan fingerprint density at radius 2 is 2.13 bits per heavy atom. The third-order valence-corrected chi connectivity index (χ3v) is 4.20. The highest BCUT2D eigenvalue weighted by Crippen LogP contribution is 2.47. The molecule has 23 heavy (non-hydrogen) atoms. The van der Waals surface area contributed by atoms with Gasteiger partial charge in [0.2, 0.25) is 11.7 Å². The van der Waals surface area contributed by atoms with Crippen LogP contribution in [0.4, 0.5) is 0 Å². The van der Waals surface area contributed by atoms with Crippen molar-refractivity contribution in [3.63, 3.8) is 0 Å². The van der Waals surface area contributed by atoms with Crippen LogP contribution in [0.5, 0.6) is 0 Å². The van der Waals surface area contributed by atoms with Gasteiger partial charge in [-0.05, 0) is 43.7 Å². The van der Waals surface area contributed by atoms with Gasteiger partial charge in [0.15, 0.2) is 5.76 Å². The van der Waals surface area contributed by atoms with E-state index in [1.54, 1.807) is 12.3 Å². The monoisotopic (exact) mass is 313 g/mol. The molecular formula is C17H19N3O3. The van der Waals surface area contributed by atoms with E-state index in [2.05, 4.69) is 34.1 Å². The molecule has 0 amide bonds. The average molecular weight is 313 g/mol. The zero-order chi connectivity index (χ0) is 15.8. The quantitative estimate of drug-likeness (QED) is 0.691. The molecule has 3 aromatic heterocycles. The summed E-state index contributed by atoms with van der Waals surface area (Å²) in [7, 11) is 2.00. The molecule has 0 N–H and O–H groups in total. The Morgan fingerprint density at radius 3 is 2.87 bits per heavy atom. The zero-order valence-corrected chi connectivity index (χ0v) is 13.2. The molecule has 3 heterocycles. The summed E-state index contributed by atoms with van der Waals surface area (Å²) in [6.45, 7) is 3.52. The van der Waals surface area contributed by atoms with Gasteiger partial charge in [-0.3, -0.25) is 4.90 Å². The molecule has 2 atom stereocenters. The van der Waals surface area contributed by atoms with Gasteiger partial charge in [-0.25, -0.2) is 0 Å². The Hall–Kier alpha value is -2.34. The van der Waals surface area contributed by atoms with Crippen LogP contribution >= 0.6 is 0 Å². The molecule has 6 heteroatoms. The van der Waals surface area contributed by atoms with E-state index in [9.17, 15) is 0 Å². The van der Waals surface area contributed by atoms with Gasteiger partial charge in [-0.15, -0.1) is 0 Å². The molecule has 1 aliphatic rings. The number of hydrogen-bond donors (Lipinski definition) is 0. The molecule has 120 valence electrons. The first-order valence-electron chi connectivity index (χ1n) is 7.82. The molecule has 2 unspecified atom stereocenters. The minimum Gasteiger partial charge on any atom is -0.464 e.